The van der Waals surface area contributed by atoms with Crippen molar-refractivity contribution in [3.63, 3.8) is 0 Å². The summed E-state index contributed by atoms with van der Waals surface area (Å²) in [6, 6.07) is 7.59. The van der Waals surface area contributed by atoms with Gasteiger partial charge in [-0.3, -0.25) is 9.59 Å². The van der Waals surface area contributed by atoms with Crippen LogP contribution in [0.25, 0.3) is 0 Å². The van der Waals surface area contributed by atoms with Crippen molar-refractivity contribution < 1.29 is 14.7 Å². The van der Waals surface area contributed by atoms with E-state index in [4.69, 9.17) is 0 Å². The molecule has 0 aliphatic heterocycles. The Bertz CT molecular complexity index is 530. The number of amides is 1. The lowest BCUT2D eigenvalue weighted by Gasteiger charge is -2.16. The number of hydrogen-bond acceptors (Lipinski definition) is 3. The van der Waals surface area contributed by atoms with Gasteiger partial charge in [0.2, 0.25) is 5.91 Å². The Balaban J connectivity index is 2.07. The molecule has 0 radical (unpaired) electrons. The molecule has 1 aromatic rings. The number of carboxylic acids is 1. The van der Waals surface area contributed by atoms with Crippen LogP contribution in [0.4, 0.5) is 5.69 Å². The van der Waals surface area contributed by atoms with Gasteiger partial charge in [0.25, 0.3) is 0 Å². The predicted octanol–water partition coefficient (Wildman–Crippen LogP) is 2.09. The number of anilines is 1. The lowest BCUT2D eigenvalue weighted by atomic mass is 9.95. The van der Waals surface area contributed by atoms with Crippen LogP contribution in [0.15, 0.2) is 24.3 Å². The fraction of sp³-hybridized carbons (Fsp3) is 0.500. The molecule has 0 spiro atoms. The zero-order valence-electron chi connectivity index (χ0n) is 12.4. The minimum absolute atomic E-state index is 0.187. The largest absolute Gasteiger partial charge is 0.481 e. The summed E-state index contributed by atoms with van der Waals surface area (Å²) < 4.78 is 0. The topological polar surface area (TPSA) is 78.4 Å². The van der Waals surface area contributed by atoms with Gasteiger partial charge in [0.1, 0.15) is 0 Å². The van der Waals surface area contributed by atoms with Crippen molar-refractivity contribution in [3.05, 3.63) is 29.8 Å². The van der Waals surface area contributed by atoms with E-state index >= 15 is 0 Å². The summed E-state index contributed by atoms with van der Waals surface area (Å²) in [7, 11) is 1.86. The minimum atomic E-state index is -0.872. The third-order valence-corrected chi connectivity index (χ3v) is 4.03. The van der Waals surface area contributed by atoms with Gasteiger partial charge in [0.05, 0.1) is 11.8 Å². The highest BCUT2D eigenvalue weighted by molar-refractivity contribution is 5.95. The Labute approximate surface area is 124 Å². The average molecular weight is 290 g/mol. The average Bonchev–Trinajstić information content (AvgIpc) is 2.82. The molecule has 3 N–H and O–H groups in total. The highest BCUT2D eigenvalue weighted by atomic mass is 16.4. The Morgan fingerprint density at radius 1 is 1.29 bits per heavy atom. The van der Waals surface area contributed by atoms with E-state index in [1.807, 2.05) is 38.2 Å². The maximum absolute atomic E-state index is 12.4. The monoisotopic (exact) mass is 290 g/mol. The van der Waals surface area contributed by atoms with Gasteiger partial charge in [0, 0.05) is 12.2 Å². The molecule has 1 unspecified atom stereocenters. The third-order valence-electron chi connectivity index (χ3n) is 4.03. The van der Waals surface area contributed by atoms with Gasteiger partial charge in [-0.15, -0.1) is 0 Å². The second kappa shape index (κ2) is 6.72. The van der Waals surface area contributed by atoms with E-state index in [9.17, 15) is 14.7 Å². The molecule has 0 aromatic heterocycles. The molecule has 2 rings (SSSR count). The molecule has 1 aromatic carbocycles. The predicted molar refractivity (Wildman–Crippen MR) is 80.8 cm³/mol. The number of hydrogen-bond donors (Lipinski definition) is 3. The van der Waals surface area contributed by atoms with Crippen LogP contribution in [-0.2, 0) is 16.1 Å². The fourth-order valence-electron chi connectivity index (χ4n) is 3.05. The van der Waals surface area contributed by atoms with Crippen molar-refractivity contribution in [2.75, 3.05) is 12.4 Å². The van der Waals surface area contributed by atoms with E-state index in [1.54, 1.807) is 0 Å². The summed E-state index contributed by atoms with van der Waals surface area (Å²) in [5.74, 6) is -1.79. The molecule has 0 saturated heterocycles. The van der Waals surface area contributed by atoms with Crippen molar-refractivity contribution in [1.29, 1.82) is 0 Å². The van der Waals surface area contributed by atoms with Gasteiger partial charge in [-0.1, -0.05) is 19.1 Å². The highest BCUT2D eigenvalue weighted by Gasteiger charge is 2.41. The SMILES string of the molecule is CNCc1cccc(NC(=O)[C@H]2CC(C)C[C@H]2C(=O)O)c1. The molecule has 1 fully saturated rings. The van der Waals surface area contributed by atoms with E-state index in [0.29, 0.717) is 12.8 Å². The van der Waals surface area contributed by atoms with Crippen LogP contribution in [0.3, 0.4) is 0 Å². The van der Waals surface area contributed by atoms with Crippen LogP contribution in [0.5, 0.6) is 0 Å². The standard InChI is InChI=1S/C16H22N2O3/c1-10-6-13(14(7-10)16(20)21)15(19)18-12-5-3-4-11(8-12)9-17-2/h3-5,8,10,13-14,17H,6-7,9H2,1-2H3,(H,18,19)(H,20,21)/t10?,13-,14+/m0/s1. The number of nitrogens with one attached hydrogen (secondary N) is 2. The molecule has 5 nitrogen and oxygen atoms in total. The van der Waals surface area contributed by atoms with Crippen LogP contribution in [0.2, 0.25) is 0 Å². The minimum Gasteiger partial charge on any atom is -0.481 e. The first-order chi connectivity index (χ1) is 10.0. The molecule has 0 bridgehead atoms. The lowest BCUT2D eigenvalue weighted by Crippen LogP contribution is -2.30. The quantitative estimate of drug-likeness (QED) is 0.776. The molecule has 0 heterocycles. The Hall–Kier alpha value is -1.88. The first-order valence-corrected chi connectivity index (χ1v) is 7.28. The van der Waals surface area contributed by atoms with Crippen LogP contribution in [0, 0.1) is 17.8 Å². The van der Waals surface area contributed by atoms with E-state index in [0.717, 1.165) is 17.8 Å². The summed E-state index contributed by atoms with van der Waals surface area (Å²) in [6.07, 6.45) is 1.21. The van der Waals surface area contributed by atoms with E-state index in [-0.39, 0.29) is 11.8 Å². The molecule has 114 valence electrons. The van der Waals surface area contributed by atoms with Gasteiger partial charge in [-0.2, -0.15) is 0 Å². The first kappa shape index (κ1) is 15.5. The molecule has 5 heteroatoms. The number of aliphatic carboxylic acids is 1. The maximum atomic E-state index is 12.4. The molecular formula is C16H22N2O3. The van der Waals surface area contributed by atoms with Crippen molar-refractivity contribution in [2.45, 2.75) is 26.3 Å². The van der Waals surface area contributed by atoms with E-state index in [1.165, 1.54) is 0 Å². The van der Waals surface area contributed by atoms with Crippen LogP contribution in [0.1, 0.15) is 25.3 Å². The summed E-state index contributed by atoms with van der Waals surface area (Å²) in [4.78, 5) is 23.6. The highest BCUT2D eigenvalue weighted by Crippen LogP contribution is 2.37. The zero-order chi connectivity index (χ0) is 15.4. The van der Waals surface area contributed by atoms with Gasteiger partial charge in [0.15, 0.2) is 0 Å². The van der Waals surface area contributed by atoms with Gasteiger partial charge < -0.3 is 15.7 Å². The number of carboxylic acid groups (broad SMARTS) is 1. The van der Waals surface area contributed by atoms with Crippen LogP contribution >= 0.6 is 0 Å². The molecular weight excluding hydrogens is 268 g/mol. The van der Waals surface area contributed by atoms with Gasteiger partial charge >= 0.3 is 5.97 Å². The number of carbonyl (C=O) groups excluding carboxylic acids is 1. The molecule has 1 aliphatic rings. The molecule has 1 saturated carbocycles. The van der Waals surface area contributed by atoms with Gasteiger partial charge in [-0.25, -0.2) is 0 Å². The van der Waals surface area contributed by atoms with Crippen molar-refractivity contribution in [3.8, 4) is 0 Å². The molecule has 3 atom stereocenters. The number of carbonyl (C=O) groups is 2. The number of rotatable bonds is 5. The second-order valence-electron chi connectivity index (χ2n) is 5.85. The van der Waals surface area contributed by atoms with Crippen LogP contribution in [-0.4, -0.2) is 24.0 Å². The van der Waals surface area contributed by atoms with E-state index in [2.05, 4.69) is 10.6 Å². The maximum Gasteiger partial charge on any atom is 0.307 e. The summed E-state index contributed by atoms with van der Waals surface area (Å²) in [6.45, 7) is 2.72. The fourth-order valence-corrected chi connectivity index (χ4v) is 3.05. The number of benzene rings is 1. The first-order valence-electron chi connectivity index (χ1n) is 7.28. The molecule has 21 heavy (non-hydrogen) atoms. The zero-order valence-corrected chi connectivity index (χ0v) is 12.4. The normalized spacial score (nSPS) is 24.8. The van der Waals surface area contributed by atoms with Crippen molar-refractivity contribution in [1.82, 2.24) is 5.32 Å². The van der Waals surface area contributed by atoms with Gasteiger partial charge in [-0.05, 0) is 43.5 Å². The Morgan fingerprint density at radius 3 is 2.67 bits per heavy atom. The summed E-state index contributed by atoms with van der Waals surface area (Å²) in [5, 5.41) is 15.2. The van der Waals surface area contributed by atoms with E-state index < -0.39 is 17.8 Å². The Kier molecular flexibility index (Phi) is 4.96. The molecule has 1 amide bonds. The van der Waals surface area contributed by atoms with Crippen molar-refractivity contribution in [2.24, 2.45) is 17.8 Å². The lowest BCUT2D eigenvalue weighted by molar-refractivity contribution is -0.145. The second-order valence-corrected chi connectivity index (χ2v) is 5.85. The van der Waals surface area contributed by atoms with Crippen LogP contribution < -0.4 is 10.6 Å². The third kappa shape index (κ3) is 3.82. The Morgan fingerprint density at radius 2 is 2.00 bits per heavy atom. The van der Waals surface area contributed by atoms with Crippen molar-refractivity contribution >= 4 is 17.6 Å². The smallest absolute Gasteiger partial charge is 0.307 e. The molecule has 1 aliphatic carbocycles. The summed E-state index contributed by atoms with van der Waals surface area (Å²) in [5.41, 5.74) is 1.79. The summed E-state index contributed by atoms with van der Waals surface area (Å²) >= 11 is 0.